The third kappa shape index (κ3) is 3.34. The van der Waals surface area contributed by atoms with Crippen LogP contribution in [0, 0.1) is 5.41 Å². The molecule has 3 rings (SSSR count). The maximum absolute atomic E-state index is 12.8. The summed E-state index contributed by atoms with van der Waals surface area (Å²) in [6.45, 7) is 6.72. The van der Waals surface area contributed by atoms with E-state index in [-0.39, 0.29) is 29.5 Å². The number of carbonyl (C=O) groups is 1. The largest absolute Gasteiger partial charge is 0.417 e. The standard InChI is InChI=1S/C16H21N3O5S/c1-16(2,3)14(20)18-6-8-19(9-7-18)25(22,23)11-4-5-12-13(10-11)24-15(21)17-12/h4-5,10H,6-9H2,1-3H3,(H,17,21). The molecule has 1 aliphatic heterocycles. The summed E-state index contributed by atoms with van der Waals surface area (Å²) in [5, 5.41) is 0. The predicted molar refractivity (Wildman–Crippen MR) is 91.6 cm³/mol. The van der Waals surface area contributed by atoms with Crippen molar-refractivity contribution in [3.63, 3.8) is 0 Å². The molecule has 1 fully saturated rings. The second kappa shape index (κ2) is 5.99. The van der Waals surface area contributed by atoms with Crippen LogP contribution in [0.4, 0.5) is 0 Å². The first-order chi connectivity index (χ1) is 11.6. The molecular formula is C16H21N3O5S. The highest BCUT2D eigenvalue weighted by Crippen LogP contribution is 2.23. The van der Waals surface area contributed by atoms with E-state index in [1.54, 1.807) is 4.90 Å². The first-order valence-electron chi connectivity index (χ1n) is 8.01. The lowest BCUT2D eigenvalue weighted by Gasteiger charge is -2.37. The van der Waals surface area contributed by atoms with Gasteiger partial charge in [0.15, 0.2) is 5.58 Å². The smallest absolute Gasteiger partial charge is 0.408 e. The topological polar surface area (TPSA) is 104 Å². The van der Waals surface area contributed by atoms with Gasteiger partial charge in [-0.1, -0.05) is 20.8 Å². The first-order valence-corrected chi connectivity index (χ1v) is 9.45. The molecule has 1 amide bonds. The van der Waals surface area contributed by atoms with Gasteiger partial charge in [0.2, 0.25) is 15.9 Å². The second-order valence-corrected chi connectivity index (χ2v) is 9.06. The molecule has 1 aliphatic rings. The molecule has 0 bridgehead atoms. The number of sulfonamides is 1. The molecule has 136 valence electrons. The average molecular weight is 367 g/mol. The van der Waals surface area contributed by atoms with Crippen molar-refractivity contribution in [1.82, 2.24) is 14.2 Å². The minimum absolute atomic E-state index is 0.0139. The van der Waals surface area contributed by atoms with Gasteiger partial charge in [0.25, 0.3) is 0 Å². The van der Waals surface area contributed by atoms with Crippen LogP contribution in [0.3, 0.4) is 0 Å². The number of rotatable bonds is 2. The van der Waals surface area contributed by atoms with Gasteiger partial charge in [-0.3, -0.25) is 9.78 Å². The first kappa shape index (κ1) is 17.7. The zero-order valence-electron chi connectivity index (χ0n) is 14.4. The lowest BCUT2D eigenvalue weighted by atomic mass is 9.94. The Bertz CT molecular complexity index is 960. The number of oxazole rings is 1. The van der Waals surface area contributed by atoms with Crippen LogP contribution in [0.25, 0.3) is 11.1 Å². The van der Waals surface area contributed by atoms with Crippen LogP contribution in [-0.2, 0) is 14.8 Å². The second-order valence-electron chi connectivity index (χ2n) is 7.12. The minimum atomic E-state index is -3.71. The fraction of sp³-hybridized carbons (Fsp3) is 0.500. The number of aromatic amines is 1. The van der Waals surface area contributed by atoms with E-state index in [1.807, 2.05) is 20.8 Å². The molecule has 1 aromatic carbocycles. The van der Waals surface area contributed by atoms with E-state index in [0.29, 0.717) is 18.6 Å². The molecule has 0 spiro atoms. The van der Waals surface area contributed by atoms with Crippen LogP contribution in [-0.4, -0.2) is 54.7 Å². The summed E-state index contributed by atoms with van der Waals surface area (Å²) in [7, 11) is -3.71. The molecule has 0 saturated carbocycles. The Morgan fingerprint density at radius 3 is 2.40 bits per heavy atom. The van der Waals surface area contributed by atoms with Crippen molar-refractivity contribution in [3.8, 4) is 0 Å². The van der Waals surface area contributed by atoms with Crippen molar-refractivity contribution < 1.29 is 17.6 Å². The molecule has 2 aromatic rings. The Balaban J connectivity index is 1.79. The van der Waals surface area contributed by atoms with Crippen molar-refractivity contribution in [1.29, 1.82) is 0 Å². The molecule has 1 saturated heterocycles. The van der Waals surface area contributed by atoms with E-state index in [9.17, 15) is 18.0 Å². The van der Waals surface area contributed by atoms with Crippen LogP contribution in [0.1, 0.15) is 20.8 Å². The van der Waals surface area contributed by atoms with Crippen molar-refractivity contribution in [2.75, 3.05) is 26.2 Å². The Labute approximate surface area is 145 Å². The third-order valence-corrected chi connectivity index (χ3v) is 6.09. The van der Waals surface area contributed by atoms with Crippen LogP contribution < -0.4 is 5.76 Å². The van der Waals surface area contributed by atoms with Gasteiger partial charge in [-0.2, -0.15) is 4.31 Å². The van der Waals surface area contributed by atoms with Gasteiger partial charge in [0.05, 0.1) is 10.4 Å². The van der Waals surface area contributed by atoms with E-state index in [4.69, 9.17) is 4.42 Å². The van der Waals surface area contributed by atoms with Gasteiger partial charge in [-0.05, 0) is 12.1 Å². The molecule has 0 aliphatic carbocycles. The highest BCUT2D eigenvalue weighted by molar-refractivity contribution is 7.89. The maximum Gasteiger partial charge on any atom is 0.417 e. The van der Waals surface area contributed by atoms with Gasteiger partial charge in [-0.25, -0.2) is 13.2 Å². The molecule has 0 unspecified atom stereocenters. The number of H-pyrrole nitrogens is 1. The van der Waals surface area contributed by atoms with Gasteiger partial charge >= 0.3 is 5.76 Å². The van der Waals surface area contributed by atoms with Crippen molar-refractivity contribution in [2.45, 2.75) is 25.7 Å². The lowest BCUT2D eigenvalue weighted by molar-refractivity contribution is -0.140. The number of piperazine rings is 1. The number of carbonyl (C=O) groups excluding carboxylic acids is 1. The number of nitrogens with one attached hydrogen (secondary N) is 1. The van der Waals surface area contributed by atoms with Gasteiger partial charge in [0.1, 0.15) is 0 Å². The molecular weight excluding hydrogens is 346 g/mol. The molecule has 0 radical (unpaired) electrons. The van der Waals surface area contributed by atoms with E-state index in [2.05, 4.69) is 4.98 Å². The van der Waals surface area contributed by atoms with Crippen LogP contribution in [0.5, 0.6) is 0 Å². The maximum atomic E-state index is 12.8. The third-order valence-electron chi connectivity index (χ3n) is 4.20. The predicted octanol–water partition coefficient (Wildman–Crippen LogP) is 1.00. The SMILES string of the molecule is CC(C)(C)C(=O)N1CCN(S(=O)(=O)c2ccc3[nH]c(=O)oc3c2)CC1. The lowest BCUT2D eigenvalue weighted by Crippen LogP contribution is -2.52. The highest BCUT2D eigenvalue weighted by atomic mass is 32.2. The van der Waals surface area contributed by atoms with Gasteiger partial charge < -0.3 is 9.32 Å². The zero-order valence-corrected chi connectivity index (χ0v) is 15.2. The average Bonchev–Trinajstić information content (AvgIpc) is 2.92. The number of hydrogen-bond donors (Lipinski definition) is 1. The highest BCUT2D eigenvalue weighted by Gasteiger charge is 2.33. The summed E-state index contributed by atoms with van der Waals surface area (Å²) in [6.07, 6.45) is 0. The quantitative estimate of drug-likeness (QED) is 0.853. The summed E-state index contributed by atoms with van der Waals surface area (Å²) in [4.78, 5) is 27.8. The normalized spacial score (nSPS) is 17.2. The zero-order chi connectivity index (χ0) is 18.4. The fourth-order valence-electron chi connectivity index (χ4n) is 2.84. The van der Waals surface area contributed by atoms with Crippen molar-refractivity contribution in [3.05, 3.63) is 28.7 Å². The molecule has 9 heteroatoms. The Kier molecular flexibility index (Phi) is 4.24. The van der Waals surface area contributed by atoms with Crippen molar-refractivity contribution in [2.24, 2.45) is 5.41 Å². The summed E-state index contributed by atoms with van der Waals surface area (Å²) in [5.74, 6) is -0.612. The Morgan fingerprint density at radius 1 is 1.16 bits per heavy atom. The van der Waals surface area contributed by atoms with E-state index >= 15 is 0 Å². The monoisotopic (exact) mass is 367 g/mol. The summed E-state index contributed by atoms with van der Waals surface area (Å²) >= 11 is 0. The van der Waals surface area contributed by atoms with Crippen molar-refractivity contribution >= 4 is 27.0 Å². The number of benzene rings is 1. The van der Waals surface area contributed by atoms with Gasteiger partial charge in [0, 0.05) is 37.7 Å². The number of aromatic nitrogens is 1. The molecule has 2 heterocycles. The molecule has 25 heavy (non-hydrogen) atoms. The number of hydrogen-bond acceptors (Lipinski definition) is 5. The van der Waals surface area contributed by atoms with Crippen LogP contribution in [0.15, 0.2) is 32.3 Å². The molecule has 0 atom stereocenters. The molecule has 1 aromatic heterocycles. The number of amides is 1. The number of fused-ring (bicyclic) bond motifs is 1. The van der Waals surface area contributed by atoms with Crippen LogP contribution in [0.2, 0.25) is 0 Å². The Hall–Kier alpha value is -2.13. The summed E-state index contributed by atoms with van der Waals surface area (Å²) in [5.41, 5.74) is 0.162. The van der Waals surface area contributed by atoms with E-state index in [0.717, 1.165) is 0 Å². The Morgan fingerprint density at radius 2 is 1.80 bits per heavy atom. The summed E-state index contributed by atoms with van der Waals surface area (Å²) < 4.78 is 31.9. The summed E-state index contributed by atoms with van der Waals surface area (Å²) in [6, 6.07) is 4.29. The van der Waals surface area contributed by atoms with Crippen LogP contribution >= 0.6 is 0 Å². The minimum Gasteiger partial charge on any atom is -0.408 e. The molecule has 8 nitrogen and oxygen atoms in total. The van der Waals surface area contributed by atoms with E-state index in [1.165, 1.54) is 22.5 Å². The van der Waals surface area contributed by atoms with E-state index < -0.39 is 21.2 Å². The van der Waals surface area contributed by atoms with Gasteiger partial charge in [-0.15, -0.1) is 0 Å². The fourth-order valence-corrected chi connectivity index (χ4v) is 4.28. The number of nitrogens with zero attached hydrogens (tertiary/aromatic N) is 2. The molecule has 1 N–H and O–H groups in total.